The van der Waals surface area contributed by atoms with Crippen molar-refractivity contribution in [2.24, 2.45) is 0 Å². The van der Waals surface area contributed by atoms with Crippen molar-refractivity contribution in [3.8, 4) is 5.82 Å². The third-order valence-corrected chi connectivity index (χ3v) is 4.65. The minimum atomic E-state index is 0.213. The summed E-state index contributed by atoms with van der Waals surface area (Å²) in [6, 6.07) is 8.40. The van der Waals surface area contributed by atoms with Gasteiger partial charge in [-0.1, -0.05) is 6.07 Å². The van der Waals surface area contributed by atoms with Crippen LogP contribution in [0, 0.1) is 20.8 Å². The summed E-state index contributed by atoms with van der Waals surface area (Å²) in [7, 11) is 0. The lowest BCUT2D eigenvalue weighted by Crippen LogP contribution is -2.26. The third-order valence-electron chi connectivity index (χ3n) is 4.65. The lowest BCUT2D eigenvalue weighted by Gasteiger charge is -2.25. The Morgan fingerprint density at radius 3 is 2.56 bits per heavy atom. The number of nitrogens with zero attached hydrogens (tertiary/aromatic N) is 6. The van der Waals surface area contributed by atoms with Gasteiger partial charge >= 0.3 is 0 Å². The number of hydrogen-bond acceptors (Lipinski definition) is 5. The third kappa shape index (κ3) is 2.99. The molecule has 1 atom stereocenters. The van der Waals surface area contributed by atoms with Gasteiger partial charge < -0.3 is 4.90 Å². The molecule has 4 rings (SSSR count). The summed E-state index contributed by atoms with van der Waals surface area (Å²) in [6.45, 7) is 6.98. The Balaban J connectivity index is 1.70. The van der Waals surface area contributed by atoms with Crippen LogP contribution >= 0.6 is 0 Å². The van der Waals surface area contributed by atoms with E-state index in [2.05, 4.69) is 32.0 Å². The fourth-order valence-corrected chi connectivity index (χ4v) is 3.53. The Hall–Kier alpha value is -2.76. The molecule has 4 heterocycles. The summed E-state index contributed by atoms with van der Waals surface area (Å²) in [4.78, 5) is 20.8. The molecular weight excluding hydrogens is 312 g/mol. The topological polar surface area (TPSA) is 59.7 Å². The van der Waals surface area contributed by atoms with Crippen molar-refractivity contribution in [3.63, 3.8) is 0 Å². The standard InChI is InChI=1S/C19H22N6/c1-13-12-14(2)22-19(21-13)25-10-5-7-17(25)16-6-4-8-18(23-16)24-11-9-20-15(24)3/h4,6,8-9,11-12,17H,5,7,10H2,1-3H3. The molecule has 0 radical (unpaired) electrons. The molecule has 25 heavy (non-hydrogen) atoms. The molecule has 0 spiro atoms. The van der Waals surface area contributed by atoms with Crippen LogP contribution in [0.5, 0.6) is 0 Å². The second kappa shape index (κ2) is 6.27. The van der Waals surface area contributed by atoms with E-state index in [0.29, 0.717) is 0 Å². The fourth-order valence-electron chi connectivity index (χ4n) is 3.53. The van der Waals surface area contributed by atoms with Crippen LogP contribution in [-0.2, 0) is 0 Å². The van der Waals surface area contributed by atoms with E-state index in [-0.39, 0.29) is 6.04 Å². The normalized spacial score (nSPS) is 17.2. The number of aryl methyl sites for hydroxylation is 3. The maximum atomic E-state index is 4.90. The average molecular weight is 334 g/mol. The molecule has 3 aromatic heterocycles. The molecule has 1 fully saturated rings. The van der Waals surface area contributed by atoms with Gasteiger partial charge in [0.2, 0.25) is 5.95 Å². The summed E-state index contributed by atoms with van der Waals surface area (Å²) in [5.74, 6) is 2.65. The van der Waals surface area contributed by atoms with Crippen molar-refractivity contribution in [2.75, 3.05) is 11.4 Å². The van der Waals surface area contributed by atoms with Gasteiger partial charge in [0.25, 0.3) is 0 Å². The van der Waals surface area contributed by atoms with E-state index in [1.54, 1.807) is 6.20 Å². The molecule has 1 saturated heterocycles. The fraction of sp³-hybridized carbons (Fsp3) is 0.368. The smallest absolute Gasteiger partial charge is 0.226 e. The van der Waals surface area contributed by atoms with Crippen LogP contribution in [0.4, 0.5) is 5.95 Å². The summed E-state index contributed by atoms with van der Waals surface area (Å²) in [6.07, 6.45) is 5.93. The van der Waals surface area contributed by atoms with Crippen molar-refractivity contribution in [2.45, 2.75) is 39.7 Å². The lowest BCUT2D eigenvalue weighted by molar-refractivity contribution is 0.673. The number of hydrogen-bond donors (Lipinski definition) is 0. The quantitative estimate of drug-likeness (QED) is 0.735. The first-order valence-electron chi connectivity index (χ1n) is 8.68. The van der Waals surface area contributed by atoms with E-state index in [1.165, 1.54) is 0 Å². The maximum absolute atomic E-state index is 4.90. The van der Waals surface area contributed by atoms with E-state index in [4.69, 9.17) is 4.98 Å². The van der Waals surface area contributed by atoms with Crippen molar-refractivity contribution < 1.29 is 0 Å². The predicted molar refractivity (Wildman–Crippen MR) is 96.9 cm³/mol. The van der Waals surface area contributed by atoms with Crippen LogP contribution in [0.25, 0.3) is 5.82 Å². The van der Waals surface area contributed by atoms with Crippen molar-refractivity contribution in [1.82, 2.24) is 24.5 Å². The van der Waals surface area contributed by atoms with Gasteiger partial charge in [-0.15, -0.1) is 0 Å². The molecule has 6 nitrogen and oxygen atoms in total. The zero-order valence-corrected chi connectivity index (χ0v) is 14.8. The zero-order valence-electron chi connectivity index (χ0n) is 14.8. The Labute approximate surface area is 147 Å². The van der Waals surface area contributed by atoms with Crippen LogP contribution in [0.3, 0.4) is 0 Å². The Bertz CT molecular complexity index is 880. The summed E-state index contributed by atoms with van der Waals surface area (Å²) >= 11 is 0. The molecule has 1 aliphatic rings. The first kappa shape index (κ1) is 15.7. The largest absolute Gasteiger partial charge is 0.332 e. The van der Waals surface area contributed by atoms with E-state index in [9.17, 15) is 0 Å². The molecule has 6 heteroatoms. The zero-order chi connectivity index (χ0) is 17.4. The average Bonchev–Trinajstić information content (AvgIpc) is 3.23. The maximum Gasteiger partial charge on any atom is 0.226 e. The minimum Gasteiger partial charge on any atom is -0.332 e. The van der Waals surface area contributed by atoms with Gasteiger partial charge in [0, 0.05) is 30.3 Å². The Kier molecular flexibility index (Phi) is 3.95. The van der Waals surface area contributed by atoms with Gasteiger partial charge in [-0.3, -0.25) is 4.57 Å². The molecule has 3 aromatic rings. The van der Waals surface area contributed by atoms with Gasteiger partial charge in [0.15, 0.2) is 0 Å². The second-order valence-corrected chi connectivity index (χ2v) is 6.57. The van der Waals surface area contributed by atoms with Crippen LogP contribution in [-0.4, -0.2) is 31.0 Å². The highest BCUT2D eigenvalue weighted by Gasteiger charge is 2.29. The van der Waals surface area contributed by atoms with Crippen LogP contribution in [0.2, 0.25) is 0 Å². The lowest BCUT2D eigenvalue weighted by atomic mass is 10.1. The monoisotopic (exact) mass is 334 g/mol. The first-order valence-corrected chi connectivity index (χ1v) is 8.68. The Morgan fingerprint density at radius 1 is 1.04 bits per heavy atom. The molecule has 0 bridgehead atoms. The van der Waals surface area contributed by atoms with E-state index in [1.807, 2.05) is 43.7 Å². The van der Waals surface area contributed by atoms with Crippen LogP contribution in [0.1, 0.15) is 41.8 Å². The molecule has 128 valence electrons. The summed E-state index contributed by atoms with van der Waals surface area (Å²) in [5, 5.41) is 0. The molecule has 1 aliphatic heterocycles. The number of pyridine rings is 1. The molecule has 0 aliphatic carbocycles. The first-order chi connectivity index (χ1) is 12.1. The van der Waals surface area contributed by atoms with Gasteiger partial charge in [-0.05, 0) is 51.8 Å². The van der Waals surface area contributed by atoms with E-state index >= 15 is 0 Å². The van der Waals surface area contributed by atoms with Gasteiger partial charge in [-0.2, -0.15) is 0 Å². The van der Waals surface area contributed by atoms with Gasteiger partial charge in [0.1, 0.15) is 11.6 Å². The van der Waals surface area contributed by atoms with Crippen molar-refractivity contribution in [1.29, 1.82) is 0 Å². The van der Waals surface area contributed by atoms with Crippen LogP contribution in [0.15, 0.2) is 36.7 Å². The highest BCUT2D eigenvalue weighted by atomic mass is 15.3. The number of aromatic nitrogens is 5. The molecule has 0 aromatic carbocycles. The molecule has 0 N–H and O–H groups in total. The van der Waals surface area contributed by atoms with Crippen LogP contribution < -0.4 is 4.90 Å². The second-order valence-electron chi connectivity index (χ2n) is 6.57. The van der Waals surface area contributed by atoms with E-state index < -0.39 is 0 Å². The number of rotatable bonds is 3. The van der Waals surface area contributed by atoms with E-state index in [0.717, 1.165) is 54.1 Å². The van der Waals surface area contributed by atoms with Crippen molar-refractivity contribution in [3.05, 3.63) is 59.6 Å². The van der Waals surface area contributed by atoms with Crippen molar-refractivity contribution >= 4 is 5.95 Å². The summed E-state index contributed by atoms with van der Waals surface area (Å²) in [5.41, 5.74) is 3.07. The minimum absolute atomic E-state index is 0.213. The summed E-state index contributed by atoms with van der Waals surface area (Å²) < 4.78 is 2.01. The molecule has 0 amide bonds. The predicted octanol–water partition coefficient (Wildman–Crippen LogP) is 3.32. The number of anilines is 1. The van der Waals surface area contributed by atoms with Gasteiger partial charge in [-0.25, -0.2) is 19.9 Å². The molecular formula is C19H22N6. The SMILES string of the molecule is Cc1cc(C)nc(N2CCCC2c2cccc(-n3ccnc3C)n2)n1. The molecule has 0 saturated carbocycles. The Morgan fingerprint density at radius 2 is 1.84 bits per heavy atom. The number of imidazole rings is 1. The highest BCUT2D eigenvalue weighted by Crippen LogP contribution is 2.34. The highest BCUT2D eigenvalue weighted by molar-refractivity contribution is 5.39. The molecule has 1 unspecified atom stereocenters. The van der Waals surface area contributed by atoms with Gasteiger partial charge in [0.05, 0.1) is 11.7 Å².